The zero-order valence-electron chi connectivity index (χ0n) is 25.0. The van der Waals surface area contributed by atoms with E-state index < -0.39 is 17.3 Å². The molecule has 220 valence electrons. The van der Waals surface area contributed by atoms with Crippen molar-refractivity contribution in [1.29, 1.82) is 0 Å². The number of carbonyl (C=O) groups is 2. The molecule has 3 aromatic heterocycles. The second kappa shape index (κ2) is 10.8. The number of piperidine rings is 2. The molecule has 2 saturated heterocycles. The third-order valence-corrected chi connectivity index (χ3v) is 7.23. The predicted molar refractivity (Wildman–Crippen MR) is 158 cm³/mol. The number of aromatic nitrogens is 4. The third kappa shape index (κ3) is 6.71. The number of pyridine rings is 2. The van der Waals surface area contributed by atoms with E-state index in [0.29, 0.717) is 17.3 Å². The molecule has 1 amide bonds. The van der Waals surface area contributed by atoms with Crippen molar-refractivity contribution in [2.24, 2.45) is 0 Å². The molecule has 11 heteroatoms. The summed E-state index contributed by atoms with van der Waals surface area (Å²) in [5, 5.41) is 12.2. The average molecular weight is 564 g/mol. The topological polar surface area (TPSA) is 124 Å². The fourth-order valence-corrected chi connectivity index (χ4v) is 5.71. The van der Waals surface area contributed by atoms with Crippen LogP contribution in [0.4, 0.5) is 27.0 Å². The highest BCUT2D eigenvalue weighted by Gasteiger charge is 2.42. The van der Waals surface area contributed by atoms with E-state index in [2.05, 4.69) is 20.7 Å². The predicted octanol–water partition coefficient (Wildman–Crippen LogP) is 6.39. The van der Waals surface area contributed by atoms with Crippen molar-refractivity contribution in [2.75, 3.05) is 10.6 Å². The summed E-state index contributed by atoms with van der Waals surface area (Å²) in [7, 11) is 0. The molecule has 0 saturated carbocycles. The molecule has 11 nitrogen and oxygen atoms in total. The van der Waals surface area contributed by atoms with Gasteiger partial charge in [-0.2, -0.15) is 4.68 Å². The standard InChI is InChI=1S/C30H41N7O4/c1-18-14-25(35-37(18)28(39)41-30(5,6)7)33-24-17-23-22(12-9-13-31-23)26(34-24)32-19-15-20-10-8-11-21(16-19)36(20)27(38)40-29(2,3)4/h9,12-14,17,19-21H,8,10-11,15-16H2,1-7H3,(H2,32,33,34,35)/t19-,20+,21-. The monoisotopic (exact) mass is 563 g/mol. The van der Waals surface area contributed by atoms with E-state index >= 15 is 0 Å². The Balaban J connectivity index is 1.36. The second-order valence-corrected chi connectivity index (χ2v) is 13.1. The maximum atomic E-state index is 13.0. The van der Waals surface area contributed by atoms with Crippen LogP contribution in [-0.2, 0) is 9.47 Å². The number of nitrogens with one attached hydrogen (secondary N) is 2. The number of anilines is 3. The van der Waals surface area contributed by atoms with Crippen LogP contribution in [0, 0.1) is 6.92 Å². The molecule has 0 unspecified atom stereocenters. The van der Waals surface area contributed by atoms with E-state index in [1.165, 1.54) is 4.68 Å². The first-order valence-corrected chi connectivity index (χ1v) is 14.4. The minimum Gasteiger partial charge on any atom is -0.444 e. The highest BCUT2D eigenvalue weighted by molar-refractivity contribution is 5.91. The first-order valence-electron chi connectivity index (χ1n) is 14.4. The van der Waals surface area contributed by atoms with Crippen molar-refractivity contribution in [3.05, 3.63) is 36.2 Å². The Labute approximate surface area is 241 Å². The van der Waals surface area contributed by atoms with E-state index in [1.807, 2.05) is 64.6 Å². The van der Waals surface area contributed by atoms with Gasteiger partial charge in [0.25, 0.3) is 0 Å². The van der Waals surface area contributed by atoms with Gasteiger partial charge in [-0.3, -0.25) is 4.98 Å². The Morgan fingerprint density at radius 2 is 1.61 bits per heavy atom. The van der Waals surface area contributed by atoms with Crippen LogP contribution in [0.25, 0.3) is 10.9 Å². The number of ether oxygens (including phenoxy) is 2. The van der Waals surface area contributed by atoms with E-state index in [9.17, 15) is 9.59 Å². The van der Waals surface area contributed by atoms with Crippen LogP contribution in [0.5, 0.6) is 0 Å². The Bertz CT molecular complexity index is 1420. The lowest BCUT2D eigenvalue weighted by Crippen LogP contribution is -2.58. The summed E-state index contributed by atoms with van der Waals surface area (Å²) in [6, 6.07) is 7.93. The summed E-state index contributed by atoms with van der Waals surface area (Å²) < 4.78 is 12.5. The van der Waals surface area contributed by atoms with Crippen LogP contribution in [-0.4, -0.2) is 66.2 Å². The number of hydrogen-bond donors (Lipinski definition) is 2. The molecule has 41 heavy (non-hydrogen) atoms. The summed E-state index contributed by atoms with van der Waals surface area (Å²) in [5.74, 6) is 1.75. The van der Waals surface area contributed by atoms with Crippen molar-refractivity contribution in [2.45, 2.75) is 110 Å². The highest BCUT2D eigenvalue weighted by atomic mass is 16.6. The first-order chi connectivity index (χ1) is 19.3. The maximum absolute atomic E-state index is 13.0. The fourth-order valence-electron chi connectivity index (χ4n) is 5.71. The van der Waals surface area contributed by atoms with Gasteiger partial charge >= 0.3 is 12.2 Å². The number of carbonyl (C=O) groups excluding carboxylic acids is 2. The van der Waals surface area contributed by atoms with Crippen LogP contribution in [0.3, 0.4) is 0 Å². The van der Waals surface area contributed by atoms with Gasteiger partial charge in [0.1, 0.15) is 22.8 Å². The molecule has 0 aliphatic carbocycles. The number of amides is 1. The largest absolute Gasteiger partial charge is 0.444 e. The lowest BCUT2D eigenvalue weighted by atomic mass is 9.82. The molecule has 2 fully saturated rings. The summed E-state index contributed by atoms with van der Waals surface area (Å²) in [4.78, 5) is 37.1. The van der Waals surface area contributed by atoms with Crippen molar-refractivity contribution in [3.63, 3.8) is 0 Å². The van der Waals surface area contributed by atoms with Gasteiger partial charge in [-0.15, -0.1) is 5.10 Å². The second-order valence-electron chi connectivity index (χ2n) is 13.1. The Morgan fingerprint density at radius 1 is 0.951 bits per heavy atom. The highest BCUT2D eigenvalue weighted by Crippen LogP contribution is 2.37. The number of hydrogen-bond acceptors (Lipinski definition) is 9. The molecule has 0 aromatic carbocycles. The molecule has 2 aliphatic rings. The summed E-state index contributed by atoms with van der Waals surface area (Å²) in [6.45, 7) is 13.0. The zero-order valence-corrected chi connectivity index (χ0v) is 25.0. The number of rotatable bonds is 4. The quantitative estimate of drug-likeness (QED) is 0.371. The summed E-state index contributed by atoms with van der Waals surface area (Å²) >= 11 is 0. The maximum Gasteiger partial charge on any atom is 0.435 e. The van der Waals surface area contributed by atoms with Crippen LogP contribution in [0.2, 0.25) is 0 Å². The first kappa shape index (κ1) is 28.6. The van der Waals surface area contributed by atoms with Gasteiger partial charge in [-0.1, -0.05) is 0 Å². The molecular formula is C30H41N7O4. The lowest BCUT2D eigenvalue weighted by Gasteiger charge is -2.48. The lowest BCUT2D eigenvalue weighted by molar-refractivity contribution is -0.0199. The van der Waals surface area contributed by atoms with Crippen molar-refractivity contribution >= 4 is 40.5 Å². The Morgan fingerprint density at radius 3 is 2.27 bits per heavy atom. The Kier molecular flexibility index (Phi) is 7.56. The van der Waals surface area contributed by atoms with Crippen molar-refractivity contribution < 1.29 is 19.1 Å². The van der Waals surface area contributed by atoms with Crippen molar-refractivity contribution in [3.8, 4) is 0 Å². The summed E-state index contributed by atoms with van der Waals surface area (Å²) in [5.41, 5.74) is 0.270. The van der Waals surface area contributed by atoms with Gasteiger partial charge in [-0.25, -0.2) is 14.6 Å². The van der Waals surface area contributed by atoms with Crippen LogP contribution < -0.4 is 10.6 Å². The summed E-state index contributed by atoms with van der Waals surface area (Å²) in [6.07, 6.45) is 5.66. The molecule has 3 atom stereocenters. The van der Waals surface area contributed by atoms with E-state index in [1.54, 1.807) is 19.2 Å². The van der Waals surface area contributed by atoms with E-state index in [4.69, 9.17) is 14.5 Å². The number of nitrogens with zero attached hydrogens (tertiary/aromatic N) is 5. The van der Waals surface area contributed by atoms with E-state index in [0.717, 1.165) is 48.8 Å². The van der Waals surface area contributed by atoms with E-state index in [-0.39, 0.29) is 24.2 Å². The minimum absolute atomic E-state index is 0.125. The number of aryl methyl sites for hydroxylation is 1. The molecule has 2 aliphatic heterocycles. The molecule has 3 aromatic rings. The van der Waals surface area contributed by atoms with Gasteiger partial charge in [-0.05, 0) is 92.7 Å². The van der Waals surface area contributed by atoms with Gasteiger partial charge in [0.2, 0.25) is 0 Å². The zero-order chi connectivity index (χ0) is 29.5. The van der Waals surface area contributed by atoms with Crippen LogP contribution in [0.15, 0.2) is 30.5 Å². The SMILES string of the molecule is Cc1cc(Nc2cc3ncccc3c(N[C@H]3C[C@H]4CCC[C@@H](C3)N4C(=O)OC(C)(C)C)n2)nn1C(=O)OC(C)(C)C. The van der Waals surface area contributed by atoms with Gasteiger partial charge in [0, 0.05) is 47.5 Å². The van der Waals surface area contributed by atoms with Crippen molar-refractivity contribution in [1.82, 2.24) is 24.6 Å². The van der Waals surface area contributed by atoms with Gasteiger partial charge in [0.05, 0.1) is 5.52 Å². The van der Waals surface area contributed by atoms with Gasteiger partial charge in [0.15, 0.2) is 5.82 Å². The molecular weight excluding hydrogens is 522 g/mol. The molecule has 2 bridgehead atoms. The molecule has 2 N–H and O–H groups in total. The minimum atomic E-state index is -0.628. The van der Waals surface area contributed by atoms with Crippen LogP contribution in [0.1, 0.15) is 79.3 Å². The Hall–Kier alpha value is -3.89. The third-order valence-electron chi connectivity index (χ3n) is 7.23. The smallest absolute Gasteiger partial charge is 0.435 e. The van der Waals surface area contributed by atoms with Gasteiger partial charge < -0.3 is 25.0 Å². The fraction of sp³-hybridized carbons (Fsp3) is 0.567. The molecule has 5 heterocycles. The average Bonchev–Trinajstić information content (AvgIpc) is 3.21. The molecule has 5 rings (SSSR count). The molecule has 0 radical (unpaired) electrons. The normalized spacial score (nSPS) is 21.0. The number of fused-ring (bicyclic) bond motifs is 3. The molecule has 0 spiro atoms. The van der Waals surface area contributed by atoms with Crippen LogP contribution >= 0.6 is 0 Å².